The van der Waals surface area contributed by atoms with Crippen LogP contribution >= 0.6 is 7.44 Å². The number of rotatable bonds is 5. The highest BCUT2D eigenvalue weighted by Crippen LogP contribution is 2.71. The first-order valence-electron chi connectivity index (χ1n) is 14.2. The zero-order valence-corrected chi connectivity index (χ0v) is 25.7. The molecule has 1 heterocycles. The number of aromatic hydroxyl groups is 1. The van der Waals surface area contributed by atoms with Crippen LogP contribution in [-0.4, -0.2) is 18.2 Å². The molecular weight excluding hydrogens is 530 g/mol. The van der Waals surface area contributed by atoms with E-state index in [-0.39, 0.29) is 22.4 Å². The molecule has 41 heavy (non-hydrogen) atoms. The summed E-state index contributed by atoms with van der Waals surface area (Å²) in [6.45, 7) is 13.6. The fourth-order valence-electron chi connectivity index (χ4n) is 5.86. The van der Waals surface area contributed by atoms with Gasteiger partial charge in [0.1, 0.15) is 11.6 Å². The molecule has 0 spiro atoms. The molecule has 4 nitrogen and oxygen atoms in total. The minimum atomic E-state index is -3.50. The number of halogens is 1. The monoisotopic (exact) mass is 570 g/mol. The average molecular weight is 571 g/mol. The summed E-state index contributed by atoms with van der Waals surface area (Å²) < 4.78 is 34.5. The fourth-order valence-corrected chi connectivity index (χ4v) is 9.45. The summed E-state index contributed by atoms with van der Waals surface area (Å²) in [7, 11) is -3.50. The Balaban J connectivity index is 1.86. The maximum Gasteiger partial charge on any atom is 0.274 e. The lowest BCUT2D eigenvalue weighted by Crippen LogP contribution is -2.26. The lowest BCUT2D eigenvalue weighted by atomic mass is 9.78. The normalized spacial score (nSPS) is 16.2. The van der Waals surface area contributed by atoms with E-state index < -0.39 is 13.1 Å². The second-order valence-corrected chi connectivity index (χ2v) is 15.6. The molecule has 1 aliphatic heterocycles. The van der Waals surface area contributed by atoms with Gasteiger partial charge in [0.05, 0.1) is 5.66 Å². The van der Waals surface area contributed by atoms with E-state index in [1.54, 1.807) is 12.1 Å². The van der Waals surface area contributed by atoms with Crippen molar-refractivity contribution < 1.29 is 14.1 Å². The van der Waals surface area contributed by atoms with Crippen LogP contribution in [0.15, 0.2) is 97.1 Å². The van der Waals surface area contributed by atoms with Crippen molar-refractivity contribution >= 4 is 18.8 Å². The van der Waals surface area contributed by atoms with Crippen LogP contribution in [0.2, 0.25) is 0 Å². The third-order valence-corrected chi connectivity index (χ3v) is 11.4. The predicted molar refractivity (Wildman–Crippen MR) is 169 cm³/mol. The summed E-state index contributed by atoms with van der Waals surface area (Å²) in [6.07, 6.45) is 0. The Bertz CT molecular complexity index is 1470. The van der Waals surface area contributed by atoms with Gasteiger partial charge in [-0.2, -0.15) is 0 Å². The first-order chi connectivity index (χ1) is 19.3. The van der Waals surface area contributed by atoms with E-state index in [9.17, 15) is 9.50 Å². The van der Waals surface area contributed by atoms with E-state index in [1.165, 1.54) is 12.1 Å². The van der Waals surface area contributed by atoms with Gasteiger partial charge in [-0.05, 0) is 69.5 Å². The minimum absolute atomic E-state index is 0.274. The molecule has 1 aliphatic rings. The Labute approximate surface area is 243 Å². The standard InChI is InChI=1S/C35H40FN2O2P/c1-34(2,3)30-23-26(24-31(32(30)39)35(4,5)6)33(25-17-19-27(36)20-18-25)41(40)37(28-13-9-7-10-14-28)21-22-38(41)29-15-11-8-12-16-29/h7-20,23-24,33,39H,21-22H2,1-6H3. The van der Waals surface area contributed by atoms with Crippen molar-refractivity contribution in [2.75, 3.05) is 22.4 Å². The van der Waals surface area contributed by atoms with E-state index in [2.05, 4.69) is 50.9 Å². The zero-order valence-electron chi connectivity index (χ0n) is 24.8. The molecule has 0 aromatic heterocycles. The van der Waals surface area contributed by atoms with E-state index in [1.807, 2.05) is 72.8 Å². The molecule has 1 unspecified atom stereocenters. The van der Waals surface area contributed by atoms with Crippen molar-refractivity contribution in [3.8, 4) is 5.75 Å². The number of hydrogen-bond donors (Lipinski definition) is 1. The molecule has 5 rings (SSSR count). The fraction of sp³-hybridized carbons (Fsp3) is 0.314. The third-order valence-electron chi connectivity index (χ3n) is 7.91. The maximum absolute atomic E-state index is 16.2. The minimum Gasteiger partial charge on any atom is -0.507 e. The Kier molecular flexibility index (Phi) is 7.55. The van der Waals surface area contributed by atoms with Crippen molar-refractivity contribution in [1.82, 2.24) is 0 Å². The molecule has 214 valence electrons. The van der Waals surface area contributed by atoms with Crippen LogP contribution in [0.4, 0.5) is 15.8 Å². The van der Waals surface area contributed by atoms with E-state index in [4.69, 9.17) is 0 Å². The lowest BCUT2D eigenvalue weighted by Gasteiger charge is -2.39. The quantitative estimate of drug-likeness (QED) is 0.243. The molecule has 6 heteroatoms. The number of nitrogens with zero attached hydrogens (tertiary/aromatic N) is 2. The summed E-state index contributed by atoms with van der Waals surface area (Å²) in [5.74, 6) is -0.0651. The first-order valence-corrected chi connectivity index (χ1v) is 15.9. The number of benzene rings is 4. The summed E-state index contributed by atoms with van der Waals surface area (Å²) in [5.41, 5.74) is 3.63. The molecule has 0 amide bonds. The molecular formula is C35H40FN2O2P. The Morgan fingerprint density at radius 2 is 1.10 bits per heavy atom. The maximum atomic E-state index is 16.2. The highest BCUT2D eigenvalue weighted by molar-refractivity contribution is 7.68. The van der Waals surface area contributed by atoms with E-state index >= 15 is 4.57 Å². The summed E-state index contributed by atoms with van der Waals surface area (Å²) in [5, 5.41) is 11.5. The second-order valence-electron chi connectivity index (χ2n) is 12.9. The molecule has 0 aliphatic carbocycles. The molecule has 4 aromatic carbocycles. The third kappa shape index (κ3) is 5.40. The molecule has 1 atom stereocenters. The molecule has 4 aromatic rings. The van der Waals surface area contributed by atoms with Crippen molar-refractivity contribution in [1.29, 1.82) is 0 Å². The van der Waals surface area contributed by atoms with Crippen LogP contribution in [-0.2, 0) is 15.4 Å². The lowest BCUT2D eigenvalue weighted by molar-refractivity contribution is 0.422. The van der Waals surface area contributed by atoms with Crippen molar-refractivity contribution in [3.05, 3.63) is 125 Å². The largest absolute Gasteiger partial charge is 0.507 e. The van der Waals surface area contributed by atoms with Gasteiger partial charge in [0, 0.05) is 24.5 Å². The smallest absolute Gasteiger partial charge is 0.274 e. The Hall–Kier alpha value is -3.56. The van der Waals surface area contributed by atoms with Crippen molar-refractivity contribution in [2.24, 2.45) is 0 Å². The number of phenolic OH excluding ortho intramolecular Hbond substituents is 1. The van der Waals surface area contributed by atoms with Gasteiger partial charge in [0.2, 0.25) is 0 Å². The van der Waals surface area contributed by atoms with Crippen LogP contribution in [0.3, 0.4) is 0 Å². The molecule has 1 saturated heterocycles. The Morgan fingerprint density at radius 3 is 1.49 bits per heavy atom. The molecule has 0 bridgehead atoms. The van der Waals surface area contributed by atoms with Crippen molar-refractivity contribution in [3.63, 3.8) is 0 Å². The summed E-state index contributed by atoms with van der Waals surface area (Å²) >= 11 is 0. The Morgan fingerprint density at radius 1 is 0.683 bits per heavy atom. The summed E-state index contributed by atoms with van der Waals surface area (Å²) in [4.78, 5) is 0. The topological polar surface area (TPSA) is 43.8 Å². The average Bonchev–Trinajstić information content (AvgIpc) is 3.27. The van der Waals surface area contributed by atoms with Gasteiger partial charge in [0.25, 0.3) is 7.44 Å². The van der Waals surface area contributed by atoms with Crippen LogP contribution in [0.25, 0.3) is 0 Å². The molecule has 1 fully saturated rings. The van der Waals surface area contributed by atoms with E-state index in [0.29, 0.717) is 13.1 Å². The van der Waals surface area contributed by atoms with Gasteiger partial charge < -0.3 is 14.4 Å². The van der Waals surface area contributed by atoms with Crippen LogP contribution in [0, 0.1) is 5.82 Å². The van der Waals surface area contributed by atoms with Crippen molar-refractivity contribution in [2.45, 2.75) is 58.0 Å². The van der Waals surface area contributed by atoms with Gasteiger partial charge in [-0.15, -0.1) is 0 Å². The number of anilines is 2. The van der Waals surface area contributed by atoms with Gasteiger partial charge in [-0.3, -0.25) is 4.57 Å². The number of para-hydroxylation sites is 2. The van der Waals surface area contributed by atoms with Crippen LogP contribution in [0.1, 0.15) is 69.5 Å². The van der Waals surface area contributed by atoms with Gasteiger partial charge >= 0.3 is 0 Å². The van der Waals surface area contributed by atoms with Gasteiger partial charge in [-0.1, -0.05) is 102 Å². The SMILES string of the molecule is CC(C)(C)c1cc(C(c2ccc(F)cc2)P2(=O)N(c3ccccc3)CCN2c2ccccc2)cc(C(C)(C)C)c1O. The number of hydrogen-bond acceptors (Lipinski definition) is 2. The van der Waals surface area contributed by atoms with Crippen LogP contribution in [0.5, 0.6) is 5.75 Å². The molecule has 1 N–H and O–H groups in total. The predicted octanol–water partition coefficient (Wildman–Crippen LogP) is 9.44. The first kappa shape index (κ1) is 29.0. The highest BCUT2D eigenvalue weighted by Gasteiger charge is 2.51. The van der Waals surface area contributed by atoms with Crippen LogP contribution < -0.4 is 9.34 Å². The number of phenols is 1. The zero-order chi connectivity index (χ0) is 29.6. The molecule has 0 radical (unpaired) electrons. The highest BCUT2D eigenvalue weighted by atomic mass is 31.2. The summed E-state index contributed by atoms with van der Waals surface area (Å²) in [6, 6.07) is 30.2. The van der Waals surface area contributed by atoms with Gasteiger partial charge in [-0.25, -0.2) is 4.39 Å². The second kappa shape index (κ2) is 10.7. The van der Waals surface area contributed by atoms with E-state index in [0.717, 1.165) is 33.6 Å². The van der Waals surface area contributed by atoms with Gasteiger partial charge in [0.15, 0.2) is 0 Å². The molecule has 0 saturated carbocycles.